The van der Waals surface area contributed by atoms with Crippen LogP contribution in [0.25, 0.3) is 5.65 Å². The topological polar surface area (TPSA) is 135 Å². The third-order valence-electron chi connectivity index (χ3n) is 5.45. The van der Waals surface area contributed by atoms with Gasteiger partial charge in [0.1, 0.15) is 11.4 Å². The molecular formula is C22H23F5N6O3. The van der Waals surface area contributed by atoms with Crippen molar-refractivity contribution >= 4 is 29.0 Å². The molecule has 1 fully saturated rings. The van der Waals surface area contributed by atoms with Gasteiger partial charge in [-0.15, -0.1) is 0 Å². The van der Waals surface area contributed by atoms with E-state index < -0.39 is 24.5 Å². The Morgan fingerprint density at radius 3 is 2.44 bits per heavy atom. The second-order valence-electron chi connectivity index (χ2n) is 7.98. The number of halogens is 5. The minimum Gasteiger partial charge on any atom is -0.475 e. The molecule has 1 aliphatic rings. The first-order valence-electron chi connectivity index (χ1n) is 10.8. The maximum Gasteiger partial charge on any atom is 0.490 e. The number of amides is 1. The first-order valence-corrected chi connectivity index (χ1v) is 10.8. The fraction of sp³-hybridized carbons (Fsp3) is 0.364. The molecule has 2 aromatic heterocycles. The monoisotopic (exact) mass is 514 g/mol. The van der Waals surface area contributed by atoms with Gasteiger partial charge in [0.05, 0.1) is 6.20 Å². The number of carboxylic acid groups (broad SMARTS) is 1. The first-order chi connectivity index (χ1) is 17.0. The Bertz CT molecular complexity index is 1220. The molecule has 1 aliphatic carbocycles. The molecule has 3 aromatic rings. The number of fused-ring (bicyclic) bond motifs is 1. The van der Waals surface area contributed by atoms with E-state index in [9.17, 15) is 26.7 Å². The van der Waals surface area contributed by atoms with Crippen molar-refractivity contribution in [3.63, 3.8) is 0 Å². The lowest BCUT2D eigenvalue weighted by atomic mass is 9.91. The zero-order valence-electron chi connectivity index (χ0n) is 18.7. The minimum atomic E-state index is -5.08. The van der Waals surface area contributed by atoms with Crippen LogP contribution in [-0.4, -0.2) is 49.8 Å². The number of carboxylic acids is 1. The number of nitrogens with zero attached hydrogens (tertiary/aromatic N) is 3. The summed E-state index contributed by atoms with van der Waals surface area (Å²) in [5.74, 6) is -2.71. The number of alkyl halides is 5. The second kappa shape index (κ2) is 11.3. The Balaban J connectivity index is 0.000000454. The maximum atomic E-state index is 13.2. The highest BCUT2D eigenvalue weighted by molar-refractivity contribution is 6.08. The molecule has 0 spiro atoms. The van der Waals surface area contributed by atoms with Crippen molar-refractivity contribution in [1.29, 1.82) is 0 Å². The molecule has 1 saturated carbocycles. The number of benzene rings is 1. The molecule has 0 radical (unpaired) electrons. The third-order valence-corrected chi connectivity index (χ3v) is 5.45. The normalized spacial score (nSPS) is 17.9. The number of nitrogens with one attached hydrogen (secondary N) is 2. The molecule has 9 nitrogen and oxygen atoms in total. The Hall–Kier alpha value is -3.81. The molecule has 4 rings (SSSR count). The highest BCUT2D eigenvalue weighted by atomic mass is 19.4. The number of anilines is 2. The minimum absolute atomic E-state index is 0.0558. The van der Waals surface area contributed by atoms with Gasteiger partial charge in [0.25, 0.3) is 12.3 Å². The average Bonchev–Trinajstić information content (AvgIpc) is 3.24. The van der Waals surface area contributed by atoms with Crippen molar-refractivity contribution in [3.8, 4) is 0 Å². The molecule has 1 amide bonds. The van der Waals surface area contributed by atoms with Gasteiger partial charge >= 0.3 is 12.1 Å². The number of nitrogens with two attached hydrogens (primary N) is 1. The molecule has 194 valence electrons. The lowest BCUT2D eigenvalue weighted by Crippen LogP contribution is -2.42. The summed E-state index contributed by atoms with van der Waals surface area (Å²) in [7, 11) is 0. The molecule has 1 aromatic carbocycles. The Kier molecular flexibility index (Phi) is 8.40. The number of rotatable bonds is 5. The van der Waals surface area contributed by atoms with Crippen molar-refractivity contribution in [2.75, 3.05) is 10.6 Å². The zero-order valence-corrected chi connectivity index (χ0v) is 18.7. The van der Waals surface area contributed by atoms with Gasteiger partial charge in [0.15, 0.2) is 5.65 Å². The van der Waals surface area contributed by atoms with Crippen LogP contribution in [0.15, 0.2) is 42.7 Å². The number of para-hydroxylation sites is 1. The van der Waals surface area contributed by atoms with E-state index in [2.05, 4.69) is 20.7 Å². The Morgan fingerprint density at radius 1 is 1.14 bits per heavy atom. The van der Waals surface area contributed by atoms with Crippen molar-refractivity contribution in [1.82, 2.24) is 14.6 Å². The van der Waals surface area contributed by atoms with E-state index in [1.807, 2.05) is 0 Å². The lowest BCUT2D eigenvalue weighted by molar-refractivity contribution is -0.192. The Morgan fingerprint density at radius 2 is 1.81 bits per heavy atom. The van der Waals surface area contributed by atoms with E-state index in [0.717, 1.165) is 25.7 Å². The van der Waals surface area contributed by atoms with E-state index in [-0.39, 0.29) is 28.9 Å². The summed E-state index contributed by atoms with van der Waals surface area (Å²) in [6.07, 6.45) is -0.545. The molecule has 0 unspecified atom stereocenters. The molecule has 0 aliphatic heterocycles. The molecule has 14 heteroatoms. The van der Waals surface area contributed by atoms with Gasteiger partial charge in [-0.3, -0.25) is 4.79 Å². The Labute approximate surface area is 201 Å². The summed E-state index contributed by atoms with van der Waals surface area (Å²) in [6, 6.07) is 7.76. The van der Waals surface area contributed by atoms with Crippen LogP contribution in [0, 0.1) is 0 Å². The standard InChI is InChI=1S/C20H22F2N6O.C2HF3O2/c21-18(22)12-5-1-3-7-15(12)26-20(29)13-11-24-28-10-9-17(27-19(13)28)25-16-8-4-2-6-14(16)23;3-2(4,5)1(6)7/h1,3,5,7,9-11,14,16,18H,2,4,6,8,23H2,(H,25,27)(H,26,29);(H,6,7)/t14-,16+;/m0./s1. The van der Waals surface area contributed by atoms with Gasteiger partial charge in [0, 0.05) is 29.5 Å². The third kappa shape index (κ3) is 6.65. The van der Waals surface area contributed by atoms with Crippen molar-refractivity contribution in [2.45, 2.75) is 50.4 Å². The highest BCUT2D eigenvalue weighted by Crippen LogP contribution is 2.27. The van der Waals surface area contributed by atoms with Gasteiger partial charge in [-0.2, -0.15) is 18.3 Å². The summed E-state index contributed by atoms with van der Waals surface area (Å²) in [5.41, 5.74) is 6.55. The van der Waals surface area contributed by atoms with Gasteiger partial charge in [-0.1, -0.05) is 31.0 Å². The van der Waals surface area contributed by atoms with Gasteiger partial charge < -0.3 is 21.5 Å². The predicted molar refractivity (Wildman–Crippen MR) is 120 cm³/mol. The summed E-state index contributed by atoms with van der Waals surface area (Å²) >= 11 is 0. The highest BCUT2D eigenvalue weighted by Gasteiger charge is 2.38. The average molecular weight is 514 g/mol. The number of hydrogen-bond acceptors (Lipinski definition) is 6. The number of hydrogen-bond donors (Lipinski definition) is 4. The largest absolute Gasteiger partial charge is 0.490 e. The molecule has 2 atom stereocenters. The summed E-state index contributed by atoms with van der Waals surface area (Å²) in [4.78, 5) is 26.1. The van der Waals surface area contributed by atoms with Crippen LogP contribution in [-0.2, 0) is 4.79 Å². The van der Waals surface area contributed by atoms with Crippen molar-refractivity contribution < 1.29 is 36.6 Å². The van der Waals surface area contributed by atoms with Crippen LogP contribution < -0.4 is 16.4 Å². The number of carbonyl (C=O) groups is 2. The van der Waals surface area contributed by atoms with Crippen molar-refractivity contribution in [2.24, 2.45) is 5.73 Å². The fourth-order valence-electron chi connectivity index (χ4n) is 3.63. The van der Waals surface area contributed by atoms with Gasteiger partial charge in [-0.05, 0) is 25.0 Å². The van der Waals surface area contributed by atoms with Gasteiger partial charge in [0.2, 0.25) is 0 Å². The molecular weight excluding hydrogens is 491 g/mol. The lowest BCUT2D eigenvalue weighted by Gasteiger charge is -2.29. The quantitative estimate of drug-likeness (QED) is 0.374. The fourth-order valence-corrected chi connectivity index (χ4v) is 3.63. The smallest absolute Gasteiger partial charge is 0.475 e. The van der Waals surface area contributed by atoms with Crippen LogP contribution in [0.5, 0.6) is 0 Å². The maximum absolute atomic E-state index is 13.2. The van der Waals surface area contributed by atoms with E-state index in [4.69, 9.17) is 15.6 Å². The van der Waals surface area contributed by atoms with Crippen LogP contribution in [0.3, 0.4) is 0 Å². The molecule has 0 saturated heterocycles. The zero-order chi connectivity index (χ0) is 26.5. The number of aliphatic carboxylic acids is 1. The first kappa shape index (κ1) is 26.8. The van der Waals surface area contributed by atoms with Crippen LogP contribution >= 0.6 is 0 Å². The second-order valence-corrected chi connectivity index (χ2v) is 7.98. The van der Waals surface area contributed by atoms with E-state index >= 15 is 0 Å². The predicted octanol–water partition coefficient (Wildman–Crippen LogP) is 4.23. The van der Waals surface area contributed by atoms with E-state index in [0.29, 0.717) is 11.5 Å². The molecule has 0 bridgehead atoms. The van der Waals surface area contributed by atoms with E-state index in [1.54, 1.807) is 18.3 Å². The molecule has 2 heterocycles. The summed E-state index contributed by atoms with van der Waals surface area (Å²) < 4.78 is 59.6. The van der Waals surface area contributed by atoms with Crippen molar-refractivity contribution in [3.05, 3.63) is 53.9 Å². The number of carbonyl (C=O) groups excluding carboxylic acids is 1. The van der Waals surface area contributed by atoms with Crippen LogP contribution in [0.2, 0.25) is 0 Å². The number of aromatic nitrogens is 3. The van der Waals surface area contributed by atoms with E-state index in [1.165, 1.54) is 28.9 Å². The van der Waals surface area contributed by atoms with Gasteiger partial charge in [-0.25, -0.2) is 23.1 Å². The van der Waals surface area contributed by atoms with Crippen LogP contribution in [0.1, 0.15) is 48.0 Å². The SMILES string of the molecule is N[C@H]1CCCC[C@H]1Nc1ccn2ncc(C(=O)Nc3ccccc3C(F)F)c2n1.O=C(O)C(F)(F)F. The summed E-state index contributed by atoms with van der Waals surface area (Å²) in [5, 5.41) is 17.1. The molecule has 5 N–H and O–H groups in total. The van der Waals surface area contributed by atoms with Crippen LogP contribution in [0.4, 0.5) is 33.5 Å². The molecule has 36 heavy (non-hydrogen) atoms. The summed E-state index contributed by atoms with van der Waals surface area (Å²) in [6.45, 7) is 0.